The third-order valence-corrected chi connectivity index (χ3v) is 7.04. The van der Waals surface area contributed by atoms with Gasteiger partial charge < -0.3 is 0 Å². The molecule has 2 atom stereocenters. The van der Waals surface area contributed by atoms with Crippen molar-refractivity contribution in [3.8, 4) is 0 Å². The Bertz CT molecular complexity index is 408. The van der Waals surface area contributed by atoms with Crippen LogP contribution in [0.3, 0.4) is 0 Å². The van der Waals surface area contributed by atoms with Crippen LogP contribution in [0.2, 0.25) is 0 Å². The fourth-order valence-electron chi connectivity index (χ4n) is 5.11. The number of rotatable bonds is 1. The summed E-state index contributed by atoms with van der Waals surface area (Å²) in [5.74, 6) is 2.91. The maximum Gasteiger partial charge on any atom is 0.0203 e. The zero-order valence-corrected chi connectivity index (χ0v) is 11.7. The molecule has 0 spiro atoms. The van der Waals surface area contributed by atoms with Crippen LogP contribution in [0.15, 0.2) is 30.3 Å². The Morgan fingerprint density at radius 2 is 1.59 bits per heavy atom. The van der Waals surface area contributed by atoms with Gasteiger partial charge in [-0.05, 0) is 60.8 Å². The highest BCUT2D eigenvalue weighted by atomic mass is 79.9. The van der Waals surface area contributed by atoms with E-state index in [1.807, 2.05) is 0 Å². The molecule has 90 valence electrons. The molecule has 1 aromatic rings. The summed E-state index contributed by atoms with van der Waals surface area (Å²) in [5.41, 5.74) is 2.17. The predicted molar refractivity (Wildman–Crippen MR) is 74.4 cm³/mol. The first-order valence-corrected chi connectivity index (χ1v) is 7.88. The predicted octanol–water partition coefficient (Wildman–Crippen LogP) is 4.53. The van der Waals surface area contributed by atoms with Crippen LogP contribution in [0.25, 0.3) is 0 Å². The Balaban J connectivity index is 1.76. The smallest absolute Gasteiger partial charge is 0.0203 e. The van der Waals surface area contributed by atoms with E-state index in [-0.39, 0.29) is 0 Å². The molecule has 1 heteroatoms. The van der Waals surface area contributed by atoms with Crippen LogP contribution >= 0.6 is 15.9 Å². The maximum absolute atomic E-state index is 3.98. The average molecular weight is 291 g/mol. The van der Waals surface area contributed by atoms with Gasteiger partial charge in [0.1, 0.15) is 0 Å². The molecule has 0 N–H and O–H groups in total. The fourth-order valence-corrected chi connectivity index (χ4v) is 5.91. The minimum Gasteiger partial charge on any atom is -0.0885 e. The Kier molecular flexibility index (Phi) is 2.25. The largest absolute Gasteiger partial charge is 0.0885 e. The van der Waals surface area contributed by atoms with Crippen LogP contribution in [0.1, 0.15) is 37.7 Å². The van der Waals surface area contributed by atoms with Crippen LogP contribution in [0.4, 0.5) is 0 Å². The normalized spacial score (nSPS) is 47.4. The van der Waals surface area contributed by atoms with E-state index in [1.54, 1.807) is 5.56 Å². The van der Waals surface area contributed by atoms with E-state index in [1.165, 1.54) is 32.1 Å². The van der Waals surface area contributed by atoms with Crippen molar-refractivity contribution in [2.75, 3.05) is 0 Å². The Labute approximate surface area is 112 Å². The quantitative estimate of drug-likeness (QED) is 0.667. The van der Waals surface area contributed by atoms with Crippen LogP contribution < -0.4 is 0 Å². The second kappa shape index (κ2) is 3.60. The lowest BCUT2D eigenvalue weighted by molar-refractivity contribution is 0.00306. The molecule has 4 saturated carbocycles. The van der Waals surface area contributed by atoms with E-state index in [9.17, 15) is 0 Å². The van der Waals surface area contributed by atoms with Crippen molar-refractivity contribution >= 4 is 15.9 Å². The summed E-state index contributed by atoms with van der Waals surface area (Å²) in [6.45, 7) is 0. The van der Waals surface area contributed by atoms with Crippen molar-refractivity contribution in [3.05, 3.63) is 35.9 Å². The molecule has 0 radical (unpaired) electrons. The summed E-state index contributed by atoms with van der Waals surface area (Å²) in [4.78, 5) is 0.816. The molecule has 0 aromatic heterocycles. The van der Waals surface area contributed by atoms with Gasteiger partial charge >= 0.3 is 0 Å². The number of alkyl halides is 1. The number of benzene rings is 1. The summed E-state index contributed by atoms with van der Waals surface area (Å²) in [6, 6.07) is 11.3. The minimum atomic E-state index is 0.544. The first-order valence-electron chi connectivity index (χ1n) is 6.96. The fraction of sp³-hybridized carbons (Fsp3) is 0.625. The summed E-state index contributed by atoms with van der Waals surface area (Å²) in [6.07, 6.45) is 7.30. The molecule has 4 aliphatic rings. The van der Waals surface area contributed by atoms with Gasteiger partial charge in [0, 0.05) is 4.83 Å². The van der Waals surface area contributed by atoms with Crippen LogP contribution in [0, 0.1) is 17.8 Å². The third kappa shape index (κ3) is 1.47. The first-order chi connectivity index (χ1) is 8.27. The lowest BCUT2D eigenvalue weighted by Gasteiger charge is -2.59. The van der Waals surface area contributed by atoms with Crippen LogP contribution in [-0.4, -0.2) is 4.83 Å². The average Bonchev–Trinajstić information content (AvgIpc) is 2.36. The molecule has 4 bridgehead atoms. The van der Waals surface area contributed by atoms with E-state index in [0.717, 1.165) is 22.6 Å². The van der Waals surface area contributed by atoms with Gasteiger partial charge in [0.2, 0.25) is 0 Å². The Morgan fingerprint density at radius 1 is 0.941 bits per heavy atom. The molecule has 0 amide bonds. The number of halogens is 1. The highest BCUT2D eigenvalue weighted by Gasteiger charge is 2.55. The first kappa shape index (κ1) is 10.6. The molecule has 1 aromatic carbocycles. The second-order valence-corrected chi connectivity index (χ2v) is 7.62. The number of hydrogen-bond acceptors (Lipinski definition) is 0. The van der Waals surface area contributed by atoms with Crippen LogP contribution in [-0.2, 0) is 5.41 Å². The van der Waals surface area contributed by atoms with Gasteiger partial charge in [0.25, 0.3) is 0 Å². The molecule has 0 aliphatic heterocycles. The van der Waals surface area contributed by atoms with E-state index >= 15 is 0 Å². The highest BCUT2D eigenvalue weighted by molar-refractivity contribution is 9.09. The van der Waals surface area contributed by atoms with Gasteiger partial charge in [0.15, 0.2) is 0 Å². The Morgan fingerprint density at radius 3 is 2.24 bits per heavy atom. The maximum atomic E-state index is 3.98. The van der Waals surface area contributed by atoms with E-state index in [4.69, 9.17) is 0 Å². The zero-order chi connectivity index (χ0) is 11.5. The minimum absolute atomic E-state index is 0.544. The molecule has 4 fully saturated rings. The van der Waals surface area contributed by atoms with Gasteiger partial charge in [-0.1, -0.05) is 46.3 Å². The monoisotopic (exact) mass is 290 g/mol. The van der Waals surface area contributed by atoms with Crippen LogP contribution in [0.5, 0.6) is 0 Å². The topological polar surface area (TPSA) is 0 Å². The van der Waals surface area contributed by atoms with E-state index < -0.39 is 0 Å². The number of hydrogen-bond donors (Lipinski definition) is 0. The summed E-state index contributed by atoms with van der Waals surface area (Å²) >= 11 is 3.98. The summed E-state index contributed by atoms with van der Waals surface area (Å²) in [5, 5.41) is 0. The summed E-state index contributed by atoms with van der Waals surface area (Å²) in [7, 11) is 0. The van der Waals surface area contributed by atoms with Crippen molar-refractivity contribution in [1.29, 1.82) is 0 Å². The SMILES string of the molecule is BrC1C2CC3CC1CC(c1ccccc1)(C3)C2. The van der Waals surface area contributed by atoms with Gasteiger partial charge in [-0.2, -0.15) is 0 Å². The molecule has 2 unspecified atom stereocenters. The lowest BCUT2D eigenvalue weighted by Crippen LogP contribution is -2.53. The molecule has 0 heterocycles. The molecule has 0 nitrogen and oxygen atoms in total. The second-order valence-electron chi connectivity index (χ2n) is 6.56. The Hall–Kier alpha value is -0.300. The van der Waals surface area contributed by atoms with Gasteiger partial charge in [-0.3, -0.25) is 0 Å². The third-order valence-electron chi connectivity index (χ3n) is 5.54. The lowest BCUT2D eigenvalue weighted by atomic mass is 9.48. The molecule has 17 heavy (non-hydrogen) atoms. The van der Waals surface area contributed by atoms with Crippen molar-refractivity contribution in [2.45, 2.75) is 42.3 Å². The highest BCUT2D eigenvalue weighted by Crippen LogP contribution is 2.62. The zero-order valence-electron chi connectivity index (χ0n) is 10.1. The standard InChI is InChI=1S/C16H19Br/c17-15-12-6-11-7-13(15)10-16(8-11,9-12)14-4-2-1-3-5-14/h1-5,11-13,15H,6-10H2. The van der Waals surface area contributed by atoms with Gasteiger partial charge in [0.05, 0.1) is 0 Å². The molecular weight excluding hydrogens is 272 g/mol. The van der Waals surface area contributed by atoms with Crippen molar-refractivity contribution in [3.63, 3.8) is 0 Å². The van der Waals surface area contributed by atoms with Crippen molar-refractivity contribution in [2.24, 2.45) is 17.8 Å². The molecule has 5 rings (SSSR count). The molecular formula is C16H19Br. The summed E-state index contributed by atoms with van der Waals surface area (Å²) < 4.78 is 0. The van der Waals surface area contributed by atoms with E-state index in [2.05, 4.69) is 46.3 Å². The molecule has 4 aliphatic carbocycles. The van der Waals surface area contributed by atoms with Gasteiger partial charge in [-0.15, -0.1) is 0 Å². The molecule has 0 saturated heterocycles. The van der Waals surface area contributed by atoms with Gasteiger partial charge in [-0.25, -0.2) is 0 Å². The van der Waals surface area contributed by atoms with E-state index in [0.29, 0.717) is 5.41 Å². The van der Waals surface area contributed by atoms with Crippen molar-refractivity contribution in [1.82, 2.24) is 0 Å². The van der Waals surface area contributed by atoms with Crippen molar-refractivity contribution < 1.29 is 0 Å².